The first-order valence-electron chi connectivity index (χ1n) is 27.8. The first-order valence-corrected chi connectivity index (χ1v) is 28.6. The van der Waals surface area contributed by atoms with Gasteiger partial charge in [0, 0.05) is 64.9 Å². The summed E-state index contributed by atoms with van der Waals surface area (Å²) in [7, 11) is 0. The van der Waals surface area contributed by atoms with Gasteiger partial charge in [0.05, 0.1) is 5.54 Å². The van der Waals surface area contributed by atoms with Crippen LogP contribution >= 0.6 is 11.3 Å². The fourth-order valence-electron chi connectivity index (χ4n) is 15.8. The van der Waals surface area contributed by atoms with Crippen molar-refractivity contribution in [3.63, 3.8) is 0 Å². The lowest BCUT2D eigenvalue weighted by molar-refractivity contribution is 0.195. The van der Waals surface area contributed by atoms with Crippen LogP contribution in [0.1, 0.15) is 174 Å². The van der Waals surface area contributed by atoms with E-state index in [0.717, 1.165) is 0 Å². The molecule has 2 nitrogen and oxygen atoms in total. The summed E-state index contributed by atoms with van der Waals surface area (Å²) in [5.41, 5.74) is 27.0. The second-order valence-corrected chi connectivity index (χ2v) is 28.9. The molecule has 0 saturated heterocycles. The molecule has 1 fully saturated rings. The maximum Gasteiger partial charge on any atom is 0.333 e. The molecule has 3 aliphatic heterocycles. The third kappa shape index (κ3) is 5.89. The summed E-state index contributed by atoms with van der Waals surface area (Å²) in [6.45, 7) is 34.7. The number of hydrogen-bond acceptors (Lipinski definition) is 3. The van der Waals surface area contributed by atoms with Crippen molar-refractivity contribution in [2.75, 3.05) is 9.71 Å². The molecule has 3 aliphatic carbocycles. The molecule has 4 heteroatoms. The lowest BCUT2D eigenvalue weighted by Gasteiger charge is -2.53. The van der Waals surface area contributed by atoms with Crippen molar-refractivity contribution in [2.24, 2.45) is 0 Å². The number of hydrogen-bond donors (Lipinski definition) is 0. The average Bonchev–Trinajstić information content (AvgIpc) is 3.91. The fourth-order valence-corrected chi connectivity index (χ4v) is 17.0. The summed E-state index contributed by atoms with van der Waals surface area (Å²) < 4.78 is 2.84. The van der Waals surface area contributed by atoms with E-state index in [2.05, 4.69) is 233 Å². The zero-order valence-electron chi connectivity index (χ0n) is 46.1. The lowest BCUT2D eigenvalue weighted by atomic mass is 9.42. The van der Waals surface area contributed by atoms with E-state index in [1.54, 1.807) is 11.1 Å². The van der Waals surface area contributed by atoms with Gasteiger partial charge in [0.15, 0.2) is 0 Å². The molecule has 4 heterocycles. The molecule has 73 heavy (non-hydrogen) atoms. The molecule has 2 atom stereocenters. The lowest BCUT2D eigenvalue weighted by Crippen LogP contribution is -2.65. The Hall–Kier alpha value is -5.58. The molecular weight excluding hydrogens is 900 g/mol. The predicted molar refractivity (Wildman–Crippen MR) is 317 cm³/mol. The summed E-state index contributed by atoms with van der Waals surface area (Å²) in [6, 6.07) is 46.7. The van der Waals surface area contributed by atoms with E-state index in [4.69, 9.17) is 0 Å². The molecule has 6 aliphatic rings. The first kappa shape index (κ1) is 46.0. The van der Waals surface area contributed by atoms with Gasteiger partial charge in [-0.1, -0.05) is 182 Å². The van der Waals surface area contributed by atoms with Gasteiger partial charge in [0.25, 0.3) is 0 Å². The normalized spacial score (nSPS) is 22.4. The van der Waals surface area contributed by atoms with Gasteiger partial charge in [-0.3, -0.25) is 0 Å². The van der Waals surface area contributed by atoms with E-state index in [9.17, 15) is 0 Å². The topological polar surface area (TPSA) is 6.48 Å². The number of thiophene rings is 1. The average molecular weight is 973 g/mol. The second kappa shape index (κ2) is 14.4. The van der Waals surface area contributed by atoms with E-state index in [1.807, 2.05) is 0 Å². The highest BCUT2D eigenvalue weighted by molar-refractivity contribution is 7.26. The standard InChI is InChI=1S/C69H73BN2S/c1-63(2,3)41-26-28-53(45(34-41)40-22-16-15-17-23-40)72-54-29-27-44-46-37-49-50(66(9,10)33-32-65(49,7)8)39-56(46)73-62(44)57(54)58-59-47(43-24-18-19-25-48(43)67(59,11)12)38-55-60(58)70(72)52-36-42(64(4,5)6)35-51-61(52)71(55)69(14)31-21-20-30-68(51,69)13/h15-19,22-29,34-39H,20-21,30-33H2,1-14H3. The Balaban J connectivity index is 1.20. The van der Waals surface area contributed by atoms with Crippen molar-refractivity contribution < 1.29 is 0 Å². The van der Waals surface area contributed by atoms with Crippen molar-refractivity contribution in [3.8, 4) is 33.4 Å². The molecule has 7 aromatic carbocycles. The van der Waals surface area contributed by atoms with Gasteiger partial charge in [0.2, 0.25) is 0 Å². The molecule has 1 aromatic heterocycles. The molecule has 0 spiro atoms. The van der Waals surface area contributed by atoms with E-state index >= 15 is 0 Å². The van der Waals surface area contributed by atoms with E-state index in [1.165, 1.54) is 154 Å². The Morgan fingerprint density at radius 2 is 1.19 bits per heavy atom. The largest absolute Gasteiger partial charge is 0.376 e. The highest BCUT2D eigenvalue weighted by atomic mass is 32.1. The van der Waals surface area contributed by atoms with Crippen molar-refractivity contribution in [1.29, 1.82) is 0 Å². The molecule has 0 N–H and O–H groups in total. The minimum Gasteiger partial charge on any atom is -0.376 e. The third-order valence-electron chi connectivity index (χ3n) is 20.3. The second-order valence-electron chi connectivity index (χ2n) is 27.9. The van der Waals surface area contributed by atoms with Crippen LogP contribution in [0, 0.1) is 0 Å². The number of fused-ring (bicyclic) bond motifs is 16. The van der Waals surface area contributed by atoms with Crippen LogP contribution in [-0.2, 0) is 32.5 Å². The van der Waals surface area contributed by atoms with Crippen molar-refractivity contribution >= 4 is 72.0 Å². The molecule has 0 amide bonds. The van der Waals surface area contributed by atoms with Gasteiger partial charge < -0.3 is 9.71 Å². The van der Waals surface area contributed by atoms with Crippen LogP contribution in [-0.4, -0.2) is 12.4 Å². The number of anilines is 4. The monoisotopic (exact) mass is 973 g/mol. The number of nitrogens with zero attached hydrogens (tertiary/aromatic N) is 2. The van der Waals surface area contributed by atoms with Gasteiger partial charge in [-0.05, 0) is 163 Å². The van der Waals surface area contributed by atoms with Gasteiger partial charge in [-0.25, -0.2) is 0 Å². The predicted octanol–water partition coefficient (Wildman–Crippen LogP) is 18.0. The SMILES string of the molecule is CC(C)(C)c1ccc(N2B3c4cc(C(C)(C)C)cc5c4N(c4cc6c(c(c43)-c3c2ccc2c3sc3cc4c(cc32)C(C)(C)CCC4(C)C)C(C)(C)c2ccccc2-6)C2(C)CCCCC52C)c(-c2ccccc2)c1. The summed E-state index contributed by atoms with van der Waals surface area (Å²) in [5.74, 6) is 0. The first-order chi connectivity index (χ1) is 34.5. The molecule has 368 valence electrons. The minimum atomic E-state index is -0.233. The quantitative estimate of drug-likeness (QED) is 0.159. The Kier molecular flexibility index (Phi) is 9.08. The Morgan fingerprint density at radius 1 is 0.521 bits per heavy atom. The van der Waals surface area contributed by atoms with Gasteiger partial charge >= 0.3 is 6.85 Å². The molecule has 0 bridgehead atoms. The summed E-state index contributed by atoms with van der Waals surface area (Å²) in [4.78, 5) is 5.85. The maximum absolute atomic E-state index is 2.97. The third-order valence-corrected chi connectivity index (χ3v) is 21.5. The highest BCUT2D eigenvalue weighted by Crippen LogP contribution is 2.66. The van der Waals surface area contributed by atoms with Crippen LogP contribution < -0.4 is 20.6 Å². The minimum absolute atomic E-state index is 0.0200. The van der Waals surface area contributed by atoms with Gasteiger partial charge in [-0.2, -0.15) is 0 Å². The molecule has 0 radical (unpaired) electrons. The molecule has 14 rings (SSSR count). The van der Waals surface area contributed by atoms with Gasteiger partial charge in [0.1, 0.15) is 0 Å². The zero-order chi connectivity index (χ0) is 50.9. The Morgan fingerprint density at radius 3 is 1.92 bits per heavy atom. The smallest absolute Gasteiger partial charge is 0.333 e. The van der Waals surface area contributed by atoms with E-state index < -0.39 is 0 Å². The summed E-state index contributed by atoms with van der Waals surface area (Å²) in [5, 5.41) is 2.81. The van der Waals surface area contributed by atoms with Crippen LogP contribution in [0.25, 0.3) is 53.6 Å². The maximum atomic E-state index is 2.97. The summed E-state index contributed by atoms with van der Waals surface area (Å²) in [6.07, 6.45) is 7.30. The molecule has 8 aromatic rings. The Labute approximate surface area is 440 Å². The zero-order valence-corrected chi connectivity index (χ0v) is 46.9. The molecule has 2 unspecified atom stereocenters. The van der Waals surface area contributed by atoms with Gasteiger partial charge in [-0.15, -0.1) is 11.3 Å². The fraction of sp³-hybridized carbons (Fsp3) is 0.391. The van der Waals surface area contributed by atoms with E-state index in [-0.39, 0.29) is 44.9 Å². The number of rotatable bonds is 2. The summed E-state index contributed by atoms with van der Waals surface area (Å²) >= 11 is 2.06. The van der Waals surface area contributed by atoms with Crippen LogP contribution in [0.15, 0.2) is 115 Å². The molecular formula is C69H73BN2S. The van der Waals surface area contributed by atoms with Crippen molar-refractivity contribution in [3.05, 3.63) is 154 Å². The van der Waals surface area contributed by atoms with E-state index in [0.29, 0.717) is 0 Å². The highest BCUT2D eigenvalue weighted by Gasteiger charge is 2.63. The Bertz CT molecular complexity index is 3740. The van der Waals surface area contributed by atoms with Crippen molar-refractivity contribution in [2.45, 2.75) is 173 Å². The van der Waals surface area contributed by atoms with Crippen LogP contribution in [0.2, 0.25) is 0 Å². The number of benzene rings is 7. The molecule has 1 saturated carbocycles. The van der Waals surface area contributed by atoms with Crippen molar-refractivity contribution in [1.82, 2.24) is 0 Å². The van der Waals surface area contributed by atoms with Crippen LogP contribution in [0.3, 0.4) is 0 Å². The van der Waals surface area contributed by atoms with Crippen LogP contribution in [0.5, 0.6) is 0 Å². The van der Waals surface area contributed by atoms with Crippen LogP contribution in [0.4, 0.5) is 22.7 Å².